The van der Waals surface area contributed by atoms with Crippen LogP contribution in [0.2, 0.25) is 5.22 Å². The number of halogens is 1. The molecule has 0 aliphatic carbocycles. The van der Waals surface area contributed by atoms with E-state index < -0.39 is 0 Å². The molecule has 0 saturated heterocycles. The largest absolute Gasteiger partial charge is 0.452 e. The highest BCUT2D eigenvalue weighted by atomic mass is 35.5. The van der Waals surface area contributed by atoms with Crippen molar-refractivity contribution in [3.8, 4) is 0 Å². The van der Waals surface area contributed by atoms with Crippen molar-refractivity contribution >= 4 is 28.7 Å². The predicted octanol–water partition coefficient (Wildman–Crippen LogP) is 3.42. The molecule has 14 heavy (non-hydrogen) atoms. The number of thiophene rings is 1. The lowest BCUT2D eigenvalue weighted by Gasteiger charge is -1.94. The van der Waals surface area contributed by atoms with Crippen molar-refractivity contribution in [1.29, 1.82) is 0 Å². The standard InChI is InChI=1S/C10H7ClO2S/c11-10-8(3-4-13-10)9(12)6-7-2-1-5-14-7/h1-5H,6H2. The molecule has 72 valence electrons. The van der Waals surface area contributed by atoms with E-state index in [1.807, 2.05) is 17.5 Å². The Labute approximate surface area is 90.1 Å². The summed E-state index contributed by atoms with van der Waals surface area (Å²) >= 11 is 7.25. The van der Waals surface area contributed by atoms with E-state index in [9.17, 15) is 4.79 Å². The Bertz CT molecular complexity index is 431. The van der Waals surface area contributed by atoms with Gasteiger partial charge in [0.25, 0.3) is 0 Å². The zero-order valence-corrected chi connectivity index (χ0v) is 8.77. The summed E-state index contributed by atoms with van der Waals surface area (Å²) in [6.07, 6.45) is 1.81. The van der Waals surface area contributed by atoms with Gasteiger partial charge in [0.15, 0.2) is 5.78 Å². The lowest BCUT2D eigenvalue weighted by molar-refractivity contribution is 0.0993. The number of hydrogen-bond acceptors (Lipinski definition) is 3. The van der Waals surface area contributed by atoms with Gasteiger partial charge in [-0.05, 0) is 29.1 Å². The predicted molar refractivity (Wildman–Crippen MR) is 56.1 cm³/mol. The molecule has 2 aromatic heterocycles. The van der Waals surface area contributed by atoms with Crippen molar-refractivity contribution in [2.24, 2.45) is 0 Å². The maximum Gasteiger partial charge on any atom is 0.203 e. The second kappa shape index (κ2) is 3.98. The van der Waals surface area contributed by atoms with Crippen molar-refractivity contribution in [3.63, 3.8) is 0 Å². The molecule has 0 unspecified atom stereocenters. The Kier molecular flexibility index (Phi) is 2.70. The summed E-state index contributed by atoms with van der Waals surface area (Å²) in [5.41, 5.74) is 0.458. The van der Waals surface area contributed by atoms with E-state index >= 15 is 0 Å². The Balaban J connectivity index is 2.14. The highest BCUT2D eigenvalue weighted by Crippen LogP contribution is 2.20. The molecule has 2 aromatic rings. The maximum absolute atomic E-state index is 11.7. The number of hydrogen-bond donors (Lipinski definition) is 0. The lowest BCUT2D eigenvalue weighted by Crippen LogP contribution is -2.00. The number of ketones is 1. The number of carbonyl (C=O) groups is 1. The third-order valence-corrected chi connectivity index (χ3v) is 3.00. The molecule has 0 spiro atoms. The van der Waals surface area contributed by atoms with Gasteiger partial charge in [0.1, 0.15) is 0 Å². The number of furan rings is 1. The van der Waals surface area contributed by atoms with Gasteiger partial charge in [0.05, 0.1) is 11.8 Å². The van der Waals surface area contributed by atoms with Crippen LogP contribution in [0.1, 0.15) is 15.2 Å². The average Bonchev–Trinajstić information content (AvgIpc) is 2.75. The summed E-state index contributed by atoms with van der Waals surface area (Å²) in [7, 11) is 0. The van der Waals surface area contributed by atoms with E-state index in [2.05, 4.69) is 0 Å². The first kappa shape index (κ1) is 9.49. The molecule has 0 aliphatic rings. The molecule has 0 N–H and O–H groups in total. The normalized spacial score (nSPS) is 10.4. The zero-order chi connectivity index (χ0) is 9.97. The first-order valence-corrected chi connectivity index (χ1v) is 5.31. The van der Waals surface area contributed by atoms with E-state index in [1.54, 1.807) is 17.4 Å². The molecule has 0 radical (unpaired) electrons. The van der Waals surface area contributed by atoms with Gasteiger partial charge in [-0.3, -0.25) is 4.79 Å². The minimum atomic E-state index is -0.00815. The highest BCUT2D eigenvalue weighted by Gasteiger charge is 2.13. The Morgan fingerprint density at radius 2 is 2.36 bits per heavy atom. The molecule has 0 saturated carbocycles. The van der Waals surface area contributed by atoms with E-state index in [0.717, 1.165) is 4.88 Å². The Morgan fingerprint density at radius 1 is 1.50 bits per heavy atom. The minimum absolute atomic E-state index is 0.00815. The fourth-order valence-electron chi connectivity index (χ4n) is 1.16. The molecule has 0 atom stereocenters. The van der Waals surface area contributed by atoms with E-state index in [-0.39, 0.29) is 11.0 Å². The van der Waals surface area contributed by atoms with Gasteiger partial charge in [-0.25, -0.2) is 0 Å². The first-order valence-electron chi connectivity index (χ1n) is 4.06. The van der Waals surface area contributed by atoms with Crippen LogP contribution in [0.4, 0.5) is 0 Å². The van der Waals surface area contributed by atoms with Crippen LogP contribution in [-0.4, -0.2) is 5.78 Å². The van der Waals surface area contributed by atoms with Gasteiger partial charge < -0.3 is 4.42 Å². The maximum atomic E-state index is 11.7. The van der Waals surface area contributed by atoms with Gasteiger partial charge in [0, 0.05) is 11.3 Å². The summed E-state index contributed by atoms with van der Waals surface area (Å²) in [6, 6.07) is 5.44. The number of rotatable bonds is 3. The van der Waals surface area contributed by atoms with Crippen molar-refractivity contribution in [2.75, 3.05) is 0 Å². The molecule has 0 bridgehead atoms. The number of Topliss-reactive ketones (excluding diaryl/α,β-unsaturated/α-hetero) is 1. The lowest BCUT2D eigenvalue weighted by atomic mass is 10.1. The molecule has 0 aliphatic heterocycles. The van der Waals surface area contributed by atoms with E-state index in [4.69, 9.17) is 16.0 Å². The summed E-state index contributed by atoms with van der Waals surface area (Å²) < 4.78 is 4.85. The zero-order valence-electron chi connectivity index (χ0n) is 7.20. The van der Waals surface area contributed by atoms with Crippen molar-refractivity contribution in [1.82, 2.24) is 0 Å². The molecule has 2 rings (SSSR count). The topological polar surface area (TPSA) is 30.2 Å². The third kappa shape index (κ3) is 1.89. The fraction of sp³-hybridized carbons (Fsp3) is 0.100. The van der Waals surface area contributed by atoms with Crippen molar-refractivity contribution in [2.45, 2.75) is 6.42 Å². The Hall–Kier alpha value is -1.06. The second-order valence-electron chi connectivity index (χ2n) is 2.79. The first-order chi connectivity index (χ1) is 6.77. The molecule has 0 aromatic carbocycles. The van der Waals surface area contributed by atoms with E-state index in [0.29, 0.717) is 12.0 Å². The van der Waals surface area contributed by atoms with Gasteiger partial charge in [0.2, 0.25) is 5.22 Å². The summed E-state index contributed by atoms with van der Waals surface area (Å²) in [6.45, 7) is 0. The molecular weight excluding hydrogens is 220 g/mol. The SMILES string of the molecule is O=C(Cc1cccs1)c1ccoc1Cl. The summed E-state index contributed by atoms with van der Waals surface area (Å²) in [5.74, 6) is -0.00815. The quantitative estimate of drug-likeness (QED) is 0.751. The molecule has 2 heterocycles. The molecule has 2 nitrogen and oxygen atoms in total. The Morgan fingerprint density at radius 3 is 2.93 bits per heavy atom. The van der Waals surface area contributed by atoms with Gasteiger partial charge >= 0.3 is 0 Å². The second-order valence-corrected chi connectivity index (χ2v) is 4.16. The van der Waals surface area contributed by atoms with Crippen LogP contribution in [0.3, 0.4) is 0 Å². The minimum Gasteiger partial charge on any atom is -0.452 e. The van der Waals surface area contributed by atoms with E-state index in [1.165, 1.54) is 6.26 Å². The fourth-order valence-corrected chi connectivity index (χ4v) is 2.08. The van der Waals surface area contributed by atoms with Crippen LogP contribution >= 0.6 is 22.9 Å². The van der Waals surface area contributed by atoms with Crippen LogP contribution in [0.15, 0.2) is 34.3 Å². The monoisotopic (exact) mass is 226 g/mol. The summed E-state index contributed by atoms with van der Waals surface area (Å²) in [4.78, 5) is 12.7. The average molecular weight is 227 g/mol. The van der Waals surface area contributed by atoms with Crippen molar-refractivity contribution in [3.05, 3.63) is 45.5 Å². The van der Waals surface area contributed by atoms with Crippen LogP contribution in [-0.2, 0) is 6.42 Å². The van der Waals surface area contributed by atoms with Gasteiger partial charge in [-0.1, -0.05) is 6.07 Å². The van der Waals surface area contributed by atoms with Crippen LogP contribution < -0.4 is 0 Å². The van der Waals surface area contributed by atoms with Crippen LogP contribution in [0.25, 0.3) is 0 Å². The molecule has 0 fully saturated rings. The summed E-state index contributed by atoms with van der Waals surface area (Å²) in [5, 5.41) is 2.12. The van der Waals surface area contributed by atoms with Crippen LogP contribution in [0.5, 0.6) is 0 Å². The van der Waals surface area contributed by atoms with Gasteiger partial charge in [-0.15, -0.1) is 11.3 Å². The number of carbonyl (C=O) groups excluding carboxylic acids is 1. The highest BCUT2D eigenvalue weighted by molar-refractivity contribution is 7.10. The third-order valence-electron chi connectivity index (χ3n) is 1.83. The smallest absolute Gasteiger partial charge is 0.203 e. The van der Waals surface area contributed by atoms with Crippen LogP contribution in [0, 0.1) is 0 Å². The molecule has 4 heteroatoms. The molecular formula is C10H7ClO2S. The molecule has 0 amide bonds. The van der Waals surface area contributed by atoms with Gasteiger partial charge in [-0.2, -0.15) is 0 Å². The van der Waals surface area contributed by atoms with Crippen molar-refractivity contribution < 1.29 is 9.21 Å².